The van der Waals surface area contributed by atoms with Crippen LogP contribution in [-0.4, -0.2) is 39.2 Å². The number of methoxy groups -OCH3 is 1. The molecule has 0 amide bonds. The summed E-state index contributed by atoms with van der Waals surface area (Å²) in [6.07, 6.45) is 0.198. The highest BCUT2D eigenvalue weighted by Gasteiger charge is 2.44. The van der Waals surface area contributed by atoms with Crippen LogP contribution in [0, 0.1) is 0 Å². The summed E-state index contributed by atoms with van der Waals surface area (Å²) in [5.41, 5.74) is 4.43. The molecule has 0 aliphatic carbocycles. The highest BCUT2D eigenvalue weighted by atomic mass is 16.7. The van der Waals surface area contributed by atoms with E-state index >= 15 is 0 Å². The molecule has 4 aliphatic heterocycles. The number of nitrogens with zero attached hydrogens (tertiary/aromatic N) is 1. The van der Waals surface area contributed by atoms with Crippen LogP contribution >= 0.6 is 0 Å². The van der Waals surface area contributed by atoms with Crippen molar-refractivity contribution >= 4 is 0 Å². The van der Waals surface area contributed by atoms with Gasteiger partial charge in [-0.15, -0.1) is 0 Å². The van der Waals surface area contributed by atoms with Crippen molar-refractivity contribution in [3.05, 3.63) is 46.5 Å². The standard InChI is InChI=1S/C21H21NO6/c1-22-6-5-11-7-15-16(26-9-25-15)8-13(11)19-18(22)12-3-4-14-20(27-10-24-14)17(12)21(23-2)28-19/h3-4,7-8,18-19,21H,5-6,9-10H2,1-2H3/t18-,19-,21+/m0/s1. The van der Waals surface area contributed by atoms with Crippen molar-refractivity contribution in [1.82, 2.24) is 4.90 Å². The Morgan fingerprint density at radius 1 is 0.964 bits per heavy atom. The molecule has 0 spiro atoms. The Morgan fingerprint density at radius 2 is 1.75 bits per heavy atom. The molecule has 0 unspecified atom stereocenters. The summed E-state index contributed by atoms with van der Waals surface area (Å²) in [7, 11) is 3.79. The Kier molecular flexibility index (Phi) is 3.53. The fourth-order valence-electron chi connectivity index (χ4n) is 4.75. The van der Waals surface area contributed by atoms with Gasteiger partial charge in [-0.1, -0.05) is 6.07 Å². The summed E-state index contributed by atoms with van der Waals surface area (Å²) < 4.78 is 34.8. The lowest BCUT2D eigenvalue weighted by molar-refractivity contribution is -0.190. The molecule has 6 rings (SSSR count). The molecule has 7 nitrogen and oxygen atoms in total. The van der Waals surface area contributed by atoms with Crippen LogP contribution in [0.4, 0.5) is 0 Å². The van der Waals surface area contributed by atoms with Crippen molar-refractivity contribution in [2.75, 3.05) is 34.3 Å². The van der Waals surface area contributed by atoms with Crippen molar-refractivity contribution in [3.8, 4) is 23.0 Å². The topological polar surface area (TPSA) is 58.6 Å². The molecule has 0 fully saturated rings. The molecule has 7 heteroatoms. The zero-order valence-electron chi connectivity index (χ0n) is 15.8. The minimum Gasteiger partial charge on any atom is -0.454 e. The lowest BCUT2D eigenvalue weighted by Crippen LogP contribution is -2.35. The van der Waals surface area contributed by atoms with E-state index in [1.54, 1.807) is 7.11 Å². The minimum absolute atomic E-state index is 0.0394. The second-order valence-corrected chi connectivity index (χ2v) is 7.51. The molecule has 0 aromatic heterocycles. The van der Waals surface area contributed by atoms with E-state index in [0.717, 1.165) is 52.7 Å². The van der Waals surface area contributed by atoms with Crippen LogP contribution < -0.4 is 18.9 Å². The maximum atomic E-state index is 6.53. The first-order valence-electron chi connectivity index (χ1n) is 9.48. The summed E-state index contributed by atoms with van der Waals surface area (Å²) in [6.45, 7) is 1.39. The van der Waals surface area contributed by atoms with Gasteiger partial charge in [0.2, 0.25) is 13.6 Å². The smallest absolute Gasteiger partial charge is 0.231 e. The molecule has 0 bridgehead atoms. The molecule has 0 saturated heterocycles. The Hall–Kier alpha value is -2.48. The predicted octanol–water partition coefficient (Wildman–Crippen LogP) is 3.09. The lowest BCUT2D eigenvalue weighted by Gasteiger charge is -2.41. The molecule has 3 atom stereocenters. The zero-order chi connectivity index (χ0) is 18.8. The van der Waals surface area contributed by atoms with Gasteiger partial charge < -0.3 is 28.4 Å². The number of ether oxygens (including phenoxy) is 6. The van der Waals surface area contributed by atoms with E-state index in [1.807, 2.05) is 6.07 Å². The summed E-state index contributed by atoms with van der Waals surface area (Å²) in [5.74, 6) is 3.05. The molecule has 0 saturated carbocycles. The van der Waals surface area contributed by atoms with Gasteiger partial charge in [0.25, 0.3) is 0 Å². The first-order valence-corrected chi connectivity index (χ1v) is 9.48. The van der Waals surface area contributed by atoms with Crippen LogP contribution in [0.25, 0.3) is 0 Å². The third kappa shape index (κ3) is 2.21. The van der Waals surface area contributed by atoms with E-state index in [9.17, 15) is 0 Å². The van der Waals surface area contributed by atoms with Crippen molar-refractivity contribution in [2.45, 2.75) is 24.9 Å². The highest BCUT2D eigenvalue weighted by Crippen LogP contribution is 2.55. The van der Waals surface area contributed by atoms with Gasteiger partial charge in [-0.05, 0) is 48.4 Å². The van der Waals surface area contributed by atoms with Gasteiger partial charge in [0.05, 0.1) is 11.6 Å². The fraction of sp³-hybridized carbons (Fsp3) is 0.429. The average molecular weight is 383 g/mol. The van der Waals surface area contributed by atoms with Gasteiger partial charge in [-0.25, -0.2) is 0 Å². The van der Waals surface area contributed by atoms with E-state index in [4.69, 9.17) is 28.4 Å². The molecule has 2 aromatic carbocycles. The average Bonchev–Trinajstić information content (AvgIpc) is 3.35. The van der Waals surface area contributed by atoms with Crippen LogP contribution in [0.15, 0.2) is 24.3 Å². The summed E-state index contributed by atoms with van der Waals surface area (Å²) in [6, 6.07) is 8.30. The minimum atomic E-state index is -0.530. The van der Waals surface area contributed by atoms with Gasteiger partial charge in [-0.3, -0.25) is 4.90 Å². The van der Waals surface area contributed by atoms with Gasteiger partial charge >= 0.3 is 0 Å². The maximum absolute atomic E-state index is 6.53. The summed E-state index contributed by atoms with van der Waals surface area (Å²) >= 11 is 0. The molecule has 4 heterocycles. The molecular weight excluding hydrogens is 362 g/mol. The SMILES string of the molecule is CO[C@@H]1O[C@H]2c3cc4c(cc3CCN(C)[C@H]2c2ccc3c(c21)OCO3)OCO4. The first kappa shape index (κ1) is 16.5. The van der Waals surface area contributed by atoms with Crippen molar-refractivity contribution < 1.29 is 28.4 Å². The molecule has 0 N–H and O–H groups in total. The number of rotatable bonds is 1. The molecule has 0 radical (unpaired) electrons. The number of hydrogen-bond donors (Lipinski definition) is 0. The Morgan fingerprint density at radius 3 is 2.61 bits per heavy atom. The Labute approximate surface area is 162 Å². The highest BCUT2D eigenvalue weighted by molar-refractivity contribution is 5.56. The van der Waals surface area contributed by atoms with Gasteiger partial charge in [-0.2, -0.15) is 0 Å². The largest absolute Gasteiger partial charge is 0.454 e. The maximum Gasteiger partial charge on any atom is 0.231 e. The molecular formula is C21H21NO6. The third-order valence-corrected chi connectivity index (χ3v) is 6.09. The quantitative estimate of drug-likeness (QED) is 0.750. The van der Waals surface area contributed by atoms with E-state index in [0.29, 0.717) is 0 Å². The van der Waals surface area contributed by atoms with Gasteiger partial charge in [0, 0.05) is 13.7 Å². The van der Waals surface area contributed by atoms with E-state index < -0.39 is 6.29 Å². The Bertz CT molecular complexity index is 960. The van der Waals surface area contributed by atoms with Crippen LogP contribution in [0.1, 0.15) is 40.7 Å². The third-order valence-electron chi connectivity index (χ3n) is 6.09. The van der Waals surface area contributed by atoms with Crippen LogP contribution in [0.2, 0.25) is 0 Å². The fourth-order valence-corrected chi connectivity index (χ4v) is 4.75. The van der Waals surface area contributed by atoms with Crippen molar-refractivity contribution in [2.24, 2.45) is 0 Å². The number of likely N-dealkylation sites (N-methyl/N-ethyl adjacent to an activating group) is 1. The number of fused-ring (bicyclic) bond motifs is 8. The molecule has 28 heavy (non-hydrogen) atoms. The van der Waals surface area contributed by atoms with E-state index in [2.05, 4.69) is 30.1 Å². The number of benzene rings is 2. The van der Waals surface area contributed by atoms with Gasteiger partial charge in [0.1, 0.15) is 6.10 Å². The second kappa shape index (κ2) is 6.01. The second-order valence-electron chi connectivity index (χ2n) is 7.51. The molecule has 2 aromatic rings. The summed E-state index contributed by atoms with van der Waals surface area (Å²) in [5, 5.41) is 0. The van der Waals surface area contributed by atoms with Crippen LogP contribution in [-0.2, 0) is 15.9 Å². The predicted molar refractivity (Wildman–Crippen MR) is 97.8 cm³/mol. The lowest BCUT2D eigenvalue weighted by atomic mass is 9.87. The monoisotopic (exact) mass is 383 g/mol. The molecule has 146 valence electrons. The van der Waals surface area contributed by atoms with E-state index in [-0.39, 0.29) is 25.7 Å². The Balaban J connectivity index is 1.54. The van der Waals surface area contributed by atoms with E-state index in [1.165, 1.54) is 5.56 Å². The number of hydrogen-bond acceptors (Lipinski definition) is 7. The zero-order valence-corrected chi connectivity index (χ0v) is 15.8. The van der Waals surface area contributed by atoms with Gasteiger partial charge in [0.15, 0.2) is 29.3 Å². The first-order chi connectivity index (χ1) is 13.7. The van der Waals surface area contributed by atoms with Crippen molar-refractivity contribution in [3.63, 3.8) is 0 Å². The normalized spacial score (nSPS) is 27.0. The summed E-state index contributed by atoms with van der Waals surface area (Å²) in [4.78, 5) is 2.34. The molecule has 4 aliphatic rings. The van der Waals surface area contributed by atoms with Crippen LogP contribution in [0.3, 0.4) is 0 Å². The van der Waals surface area contributed by atoms with Crippen LogP contribution in [0.5, 0.6) is 23.0 Å². The van der Waals surface area contributed by atoms with Crippen molar-refractivity contribution in [1.29, 1.82) is 0 Å².